The van der Waals surface area contributed by atoms with Crippen molar-refractivity contribution in [2.45, 2.75) is 38.3 Å². The minimum absolute atomic E-state index is 0.0368. The van der Waals surface area contributed by atoms with E-state index in [1.165, 1.54) is 17.0 Å². The summed E-state index contributed by atoms with van der Waals surface area (Å²) in [5.41, 5.74) is 1.02. The van der Waals surface area contributed by atoms with E-state index in [0.29, 0.717) is 16.6 Å². The highest BCUT2D eigenvalue weighted by atomic mass is 35.5. The third-order valence-electron chi connectivity index (χ3n) is 5.84. The Morgan fingerprint density at radius 1 is 0.842 bits per heavy atom. The molecule has 1 N–H and O–H groups in total. The monoisotopic (exact) mass is 575 g/mol. The molecule has 0 aliphatic heterocycles. The molecular formula is C28H31Cl2N3O4S. The van der Waals surface area contributed by atoms with E-state index in [1.807, 2.05) is 13.8 Å². The van der Waals surface area contributed by atoms with Crippen LogP contribution in [0.2, 0.25) is 10.0 Å². The summed E-state index contributed by atoms with van der Waals surface area (Å²) in [5.74, 6) is -0.644. The number of carbonyl (C=O) groups is 2. The molecule has 202 valence electrons. The molecule has 0 aliphatic rings. The van der Waals surface area contributed by atoms with E-state index in [2.05, 4.69) is 5.32 Å². The fraction of sp³-hybridized carbons (Fsp3) is 0.286. The molecule has 3 rings (SSSR count). The van der Waals surface area contributed by atoms with E-state index in [-0.39, 0.29) is 29.0 Å². The fourth-order valence-corrected chi connectivity index (χ4v) is 5.36. The Hall–Kier alpha value is -3.07. The Balaban J connectivity index is 1.98. The van der Waals surface area contributed by atoms with Crippen LogP contribution in [0.25, 0.3) is 0 Å². The molecule has 0 saturated heterocycles. The summed E-state index contributed by atoms with van der Waals surface area (Å²) in [6.07, 6.45) is 0. The van der Waals surface area contributed by atoms with Crippen LogP contribution >= 0.6 is 23.2 Å². The first-order chi connectivity index (χ1) is 18.0. The smallest absolute Gasteiger partial charge is 0.264 e. The van der Waals surface area contributed by atoms with E-state index in [1.54, 1.807) is 73.7 Å². The molecule has 0 unspecified atom stereocenters. The lowest BCUT2D eigenvalue weighted by molar-refractivity contribution is -0.139. The number of halogens is 2. The lowest BCUT2D eigenvalue weighted by Crippen LogP contribution is -2.51. The molecule has 7 nitrogen and oxygen atoms in total. The molecule has 0 radical (unpaired) electrons. The minimum Gasteiger partial charge on any atom is -0.354 e. The summed E-state index contributed by atoms with van der Waals surface area (Å²) in [5, 5.41) is 3.83. The second-order valence-electron chi connectivity index (χ2n) is 9.26. The number of amides is 2. The highest BCUT2D eigenvalue weighted by Crippen LogP contribution is 2.26. The molecule has 0 aliphatic carbocycles. The molecule has 2 amide bonds. The molecule has 0 saturated carbocycles. The van der Waals surface area contributed by atoms with Crippen LogP contribution in [0.1, 0.15) is 26.3 Å². The van der Waals surface area contributed by atoms with E-state index in [0.717, 1.165) is 9.87 Å². The largest absolute Gasteiger partial charge is 0.354 e. The van der Waals surface area contributed by atoms with Crippen molar-refractivity contribution in [3.63, 3.8) is 0 Å². The minimum atomic E-state index is -4.12. The summed E-state index contributed by atoms with van der Waals surface area (Å²) in [7, 11) is -4.12. The van der Waals surface area contributed by atoms with Crippen molar-refractivity contribution < 1.29 is 18.0 Å². The van der Waals surface area contributed by atoms with Crippen molar-refractivity contribution in [1.29, 1.82) is 0 Å². The van der Waals surface area contributed by atoms with Gasteiger partial charge in [0.15, 0.2) is 0 Å². The standard InChI is InChI=1S/C28H31Cl2N3O4S/c1-20(2)17-31-28(35)21(3)32(18-22-9-11-23(29)12-10-22)27(34)19-33(25-15-13-24(30)14-16-25)38(36,37)26-7-5-4-6-8-26/h4-16,20-21H,17-19H2,1-3H3,(H,31,35)/t21-/m1/s1. The Morgan fingerprint density at radius 2 is 1.39 bits per heavy atom. The maximum absolute atomic E-state index is 13.8. The molecule has 1 atom stereocenters. The van der Waals surface area contributed by atoms with Crippen LogP contribution in [0.4, 0.5) is 5.69 Å². The van der Waals surface area contributed by atoms with Crippen molar-refractivity contribution in [3.8, 4) is 0 Å². The topological polar surface area (TPSA) is 86.8 Å². The summed E-state index contributed by atoms with van der Waals surface area (Å²) in [6.45, 7) is 5.59. The summed E-state index contributed by atoms with van der Waals surface area (Å²) in [6, 6.07) is 20.1. The second-order valence-corrected chi connectivity index (χ2v) is 12.0. The van der Waals surface area contributed by atoms with Crippen molar-refractivity contribution in [2.24, 2.45) is 5.92 Å². The number of hydrogen-bond acceptors (Lipinski definition) is 4. The van der Waals surface area contributed by atoms with Crippen molar-refractivity contribution in [1.82, 2.24) is 10.2 Å². The number of nitrogens with one attached hydrogen (secondary N) is 1. The summed E-state index contributed by atoms with van der Waals surface area (Å²) >= 11 is 12.1. The molecule has 38 heavy (non-hydrogen) atoms. The molecule has 0 fully saturated rings. The molecule has 3 aromatic rings. The predicted molar refractivity (Wildman–Crippen MR) is 152 cm³/mol. The van der Waals surface area contributed by atoms with Crippen LogP contribution in [0.3, 0.4) is 0 Å². The summed E-state index contributed by atoms with van der Waals surface area (Å²) < 4.78 is 28.4. The Labute approximate surface area is 234 Å². The van der Waals surface area contributed by atoms with Gasteiger partial charge >= 0.3 is 0 Å². The van der Waals surface area contributed by atoms with Gasteiger partial charge in [-0.3, -0.25) is 13.9 Å². The number of sulfonamides is 1. The number of rotatable bonds is 11. The Morgan fingerprint density at radius 3 is 1.95 bits per heavy atom. The Bertz CT molecular complexity index is 1330. The number of anilines is 1. The normalized spacial score (nSPS) is 12.2. The van der Waals surface area contributed by atoms with Gasteiger partial charge < -0.3 is 10.2 Å². The first-order valence-corrected chi connectivity index (χ1v) is 14.3. The highest BCUT2D eigenvalue weighted by Gasteiger charge is 2.32. The number of carbonyl (C=O) groups excluding carboxylic acids is 2. The molecular weight excluding hydrogens is 545 g/mol. The van der Waals surface area contributed by atoms with E-state index in [9.17, 15) is 18.0 Å². The molecule has 0 bridgehead atoms. The van der Waals surface area contributed by atoms with Gasteiger partial charge in [-0.15, -0.1) is 0 Å². The van der Waals surface area contributed by atoms with Gasteiger partial charge in [-0.25, -0.2) is 8.42 Å². The highest BCUT2D eigenvalue weighted by molar-refractivity contribution is 7.92. The number of benzene rings is 3. The van der Waals surface area contributed by atoms with Gasteiger partial charge in [0.05, 0.1) is 10.6 Å². The fourth-order valence-electron chi connectivity index (χ4n) is 3.68. The zero-order valence-corrected chi connectivity index (χ0v) is 23.8. The molecule has 0 aromatic heterocycles. The van der Waals surface area contributed by atoms with E-state index in [4.69, 9.17) is 23.2 Å². The second kappa shape index (κ2) is 13.1. The average Bonchev–Trinajstić information content (AvgIpc) is 2.90. The first-order valence-electron chi connectivity index (χ1n) is 12.1. The zero-order chi connectivity index (χ0) is 27.9. The molecule has 0 spiro atoms. The van der Waals surface area contributed by atoms with Gasteiger partial charge in [0.1, 0.15) is 12.6 Å². The number of nitrogens with zero attached hydrogens (tertiary/aromatic N) is 2. The van der Waals surface area contributed by atoms with Crippen LogP contribution in [-0.2, 0) is 26.2 Å². The SMILES string of the molecule is CC(C)CNC(=O)[C@@H](C)N(Cc1ccc(Cl)cc1)C(=O)CN(c1ccc(Cl)cc1)S(=O)(=O)c1ccccc1. The van der Waals surface area contributed by atoms with Gasteiger partial charge in [0, 0.05) is 23.1 Å². The van der Waals surface area contributed by atoms with Crippen LogP contribution < -0.4 is 9.62 Å². The molecule has 10 heteroatoms. The number of hydrogen-bond donors (Lipinski definition) is 1. The lowest BCUT2D eigenvalue weighted by Gasteiger charge is -2.32. The van der Waals surface area contributed by atoms with Crippen molar-refractivity contribution in [3.05, 3.63) is 94.5 Å². The van der Waals surface area contributed by atoms with Gasteiger partial charge in [-0.1, -0.05) is 67.4 Å². The molecule has 0 heterocycles. The van der Waals surface area contributed by atoms with Crippen LogP contribution in [0, 0.1) is 5.92 Å². The van der Waals surface area contributed by atoms with Gasteiger partial charge in [0.25, 0.3) is 10.0 Å². The van der Waals surface area contributed by atoms with Gasteiger partial charge in [-0.2, -0.15) is 0 Å². The third-order valence-corrected chi connectivity index (χ3v) is 8.13. The van der Waals surface area contributed by atoms with E-state index < -0.39 is 28.5 Å². The maximum atomic E-state index is 13.8. The quantitative estimate of drug-likeness (QED) is 0.332. The molecule has 3 aromatic carbocycles. The predicted octanol–water partition coefficient (Wildman–Crippen LogP) is 5.38. The average molecular weight is 577 g/mol. The van der Waals surface area contributed by atoms with Crippen LogP contribution in [-0.4, -0.2) is 44.3 Å². The maximum Gasteiger partial charge on any atom is 0.264 e. The Kier molecular flexibility index (Phi) is 10.2. The zero-order valence-electron chi connectivity index (χ0n) is 21.5. The third kappa shape index (κ3) is 7.72. The van der Waals surface area contributed by atoms with Crippen molar-refractivity contribution >= 4 is 50.7 Å². The van der Waals surface area contributed by atoms with Crippen LogP contribution in [0.15, 0.2) is 83.8 Å². The van der Waals surface area contributed by atoms with E-state index >= 15 is 0 Å². The van der Waals surface area contributed by atoms with Gasteiger partial charge in [-0.05, 0) is 66.9 Å². The van der Waals surface area contributed by atoms with Crippen LogP contribution in [0.5, 0.6) is 0 Å². The summed E-state index contributed by atoms with van der Waals surface area (Å²) in [4.78, 5) is 28.2. The van der Waals surface area contributed by atoms with Gasteiger partial charge in [0.2, 0.25) is 11.8 Å². The lowest BCUT2D eigenvalue weighted by atomic mass is 10.1. The first kappa shape index (κ1) is 29.5. The van der Waals surface area contributed by atoms with Crippen molar-refractivity contribution in [2.75, 3.05) is 17.4 Å².